The normalized spacial score (nSPS) is 12.1. The average molecular weight is 389 g/mol. The van der Waals surface area contributed by atoms with Crippen molar-refractivity contribution in [2.24, 2.45) is 5.41 Å². The Balaban J connectivity index is 2.77. The van der Waals surface area contributed by atoms with Crippen molar-refractivity contribution in [2.45, 2.75) is 93.4 Å². The Morgan fingerprint density at radius 3 is 1.97 bits per heavy atom. The van der Waals surface area contributed by atoms with E-state index in [0.717, 1.165) is 12.0 Å². The molecule has 0 saturated carbocycles. The molecule has 29 heavy (non-hydrogen) atoms. The van der Waals surface area contributed by atoms with Crippen molar-refractivity contribution in [3.05, 3.63) is 57.6 Å². The minimum atomic E-state index is 0.0801. The van der Waals surface area contributed by atoms with E-state index in [2.05, 4.69) is 92.5 Å². The quantitative estimate of drug-likeness (QED) is 0.436. The largest absolute Gasteiger partial charge is 0.115 e. The van der Waals surface area contributed by atoms with Crippen molar-refractivity contribution in [3.8, 4) is 23.5 Å². The van der Waals surface area contributed by atoms with Crippen LogP contribution in [-0.2, 0) is 11.8 Å². The van der Waals surface area contributed by atoms with E-state index in [9.17, 15) is 0 Å². The van der Waals surface area contributed by atoms with Crippen molar-refractivity contribution in [3.63, 3.8) is 0 Å². The summed E-state index contributed by atoms with van der Waals surface area (Å²) in [5.41, 5.74) is 10.6. The molecule has 0 saturated heterocycles. The standard InChI is InChI=1S/C29H40/c1-11-13-14-29(9,10)19-23-17-24(28(6,7)8)18-26(25(23)12-2)27-21(4)15-20(3)16-22(27)5/h2,15-18H,11,13-14,19H2,1,3-10H3. The summed E-state index contributed by atoms with van der Waals surface area (Å²) in [5, 5.41) is 0. The van der Waals surface area contributed by atoms with Gasteiger partial charge in [-0.2, -0.15) is 0 Å². The first kappa shape index (κ1) is 23.3. The molecule has 0 aromatic heterocycles. The molecule has 0 radical (unpaired) electrons. The van der Waals surface area contributed by atoms with E-state index < -0.39 is 0 Å². The zero-order valence-electron chi connectivity index (χ0n) is 20.2. The molecule has 0 bridgehead atoms. The molecule has 0 fully saturated rings. The van der Waals surface area contributed by atoms with Crippen LogP contribution >= 0.6 is 0 Å². The Morgan fingerprint density at radius 1 is 0.897 bits per heavy atom. The summed E-state index contributed by atoms with van der Waals surface area (Å²) in [7, 11) is 0. The second-order valence-corrected chi connectivity index (χ2v) is 10.7. The number of rotatable bonds is 6. The smallest absolute Gasteiger partial charge is 0.0353 e. The number of terminal acetylenes is 1. The van der Waals surface area contributed by atoms with E-state index in [1.54, 1.807) is 0 Å². The lowest BCUT2D eigenvalue weighted by atomic mass is 9.75. The summed E-state index contributed by atoms with van der Waals surface area (Å²) in [5.74, 6) is 3.09. The van der Waals surface area contributed by atoms with Gasteiger partial charge in [0.1, 0.15) is 0 Å². The minimum Gasteiger partial charge on any atom is -0.115 e. The van der Waals surface area contributed by atoms with Crippen LogP contribution in [0.1, 0.15) is 94.2 Å². The van der Waals surface area contributed by atoms with Gasteiger partial charge in [-0.15, -0.1) is 6.42 Å². The van der Waals surface area contributed by atoms with Crippen LogP contribution in [0.25, 0.3) is 11.1 Å². The predicted molar refractivity (Wildman–Crippen MR) is 130 cm³/mol. The molecule has 2 aromatic rings. The van der Waals surface area contributed by atoms with Gasteiger partial charge in [0.25, 0.3) is 0 Å². The van der Waals surface area contributed by atoms with E-state index in [-0.39, 0.29) is 10.8 Å². The Kier molecular flexibility index (Phi) is 7.06. The van der Waals surface area contributed by atoms with Crippen LogP contribution in [0.3, 0.4) is 0 Å². The van der Waals surface area contributed by atoms with Crippen LogP contribution in [0.2, 0.25) is 0 Å². The number of benzene rings is 2. The lowest BCUT2D eigenvalue weighted by Crippen LogP contribution is -2.18. The Hall–Kier alpha value is -2.00. The molecule has 0 amide bonds. The Bertz CT molecular complexity index is 887. The lowest BCUT2D eigenvalue weighted by molar-refractivity contribution is 0.321. The molecular weight excluding hydrogens is 348 g/mol. The molecule has 2 aromatic carbocycles. The number of aryl methyl sites for hydroxylation is 3. The van der Waals surface area contributed by atoms with Gasteiger partial charge in [0.05, 0.1) is 0 Å². The number of unbranched alkanes of at least 4 members (excludes halogenated alkanes) is 1. The summed E-state index contributed by atoms with van der Waals surface area (Å²) in [4.78, 5) is 0. The monoisotopic (exact) mass is 388 g/mol. The molecule has 0 heteroatoms. The minimum absolute atomic E-state index is 0.0801. The molecule has 2 rings (SSSR count). The van der Waals surface area contributed by atoms with E-state index >= 15 is 0 Å². The average Bonchev–Trinajstić information content (AvgIpc) is 2.57. The van der Waals surface area contributed by atoms with Crippen molar-refractivity contribution in [1.29, 1.82) is 0 Å². The third-order valence-corrected chi connectivity index (χ3v) is 6.05. The first-order chi connectivity index (χ1) is 13.4. The van der Waals surface area contributed by atoms with Gasteiger partial charge in [0, 0.05) is 5.56 Å². The van der Waals surface area contributed by atoms with Gasteiger partial charge in [-0.05, 0) is 83.9 Å². The van der Waals surface area contributed by atoms with E-state index in [0.29, 0.717) is 0 Å². The zero-order chi connectivity index (χ0) is 22.0. The zero-order valence-corrected chi connectivity index (χ0v) is 20.2. The van der Waals surface area contributed by atoms with E-state index in [1.165, 1.54) is 58.2 Å². The molecule has 0 aliphatic rings. The Labute approximate surface area is 180 Å². The van der Waals surface area contributed by atoms with Crippen LogP contribution in [-0.4, -0.2) is 0 Å². The topological polar surface area (TPSA) is 0 Å². The van der Waals surface area contributed by atoms with Gasteiger partial charge in [-0.1, -0.05) is 84.1 Å². The van der Waals surface area contributed by atoms with Crippen LogP contribution < -0.4 is 0 Å². The van der Waals surface area contributed by atoms with Crippen molar-refractivity contribution in [2.75, 3.05) is 0 Å². The third-order valence-electron chi connectivity index (χ3n) is 6.05. The van der Waals surface area contributed by atoms with Crippen molar-refractivity contribution in [1.82, 2.24) is 0 Å². The maximum Gasteiger partial charge on any atom is 0.0353 e. The molecule has 0 nitrogen and oxygen atoms in total. The summed E-state index contributed by atoms with van der Waals surface area (Å²) in [6, 6.07) is 9.28. The highest BCUT2D eigenvalue weighted by molar-refractivity contribution is 5.79. The molecule has 0 aliphatic heterocycles. The van der Waals surface area contributed by atoms with Gasteiger partial charge in [0.2, 0.25) is 0 Å². The first-order valence-corrected chi connectivity index (χ1v) is 11.1. The lowest BCUT2D eigenvalue weighted by Gasteiger charge is -2.29. The maximum atomic E-state index is 6.15. The van der Waals surface area contributed by atoms with Gasteiger partial charge in [-0.3, -0.25) is 0 Å². The molecule has 156 valence electrons. The first-order valence-electron chi connectivity index (χ1n) is 11.1. The van der Waals surface area contributed by atoms with Gasteiger partial charge in [0.15, 0.2) is 0 Å². The molecule has 0 aliphatic carbocycles. The van der Waals surface area contributed by atoms with Crippen LogP contribution in [0.15, 0.2) is 24.3 Å². The highest BCUT2D eigenvalue weighted by Crippen LogP contribution is 2.39. The molecular formula is C29H40. The number of hydrogen-bond acceptors (Lipinski definition) is 0. The fraction of sp³-hybridized carbons (Fsp3) is 0.517. The van der Waals surface area contributed by atoms with Crippen LogP contribution in [0.5, 0.6) is 0 Å². The van der Waals surface area contributed by atoms with Gasteiger partial charge < -0.3 is 0 Å². The predicted octanol–water partition coefficient (Wildman–Crippen LogP) is 8.32. The van der Waals surface area contributed by atoms with Crippen LogP contribution in [0, 0.1) is 38.5 Å². The van der Waals surface area contributed by atoms with Crippen LogP contribution in [0.4, 0.5) is 0 Å². The Morgan fingerprint density at radius 2 is 1.48 bits per heavy atom. The highest BCUT2D eigenvalue weighted by Gasteiger charge is 2.25. The molecule has 0 N–H and O–H groups in total. The van der Waals surface area contributed by atoms with Crippen molar-refractivity contribution < 1.29 is 0 Å². The molecule has 0 unspecified atom stereocenters. The maximum absolute atomic E-state index is 6.15. The number of hydrogen-bond donors (Lipinski definition) is 0. The SMILES string of the molecule is C#Cc1c(CC(C)(C)CCCC)cc(C(C)(C)C)cc1-c1c(C)cc(C)cc1C. The van der Waals surface area contributed by atoms with Gasteiger partial charge >= 0.3 is 0 Å². The third kappa shape index (κ3) is 5.54. The van der Waals surface area contributed by atoms with E-state index in [1.807, 2.05) is 0 Å². The second-order valence-electron chi connectivity index (χ2n) is 10.7. The summed E-state index contributed by atoms with van der Waals surface area (Å²) >= 11 is 0. The van der Waals surface area contributed by atoms with Gasteiger partial charge in [-0.25, -0.2) is 0 Å². The highest BCUT2D eigenvalue weighted by atomic mass is 14.3. The van der Waals surface area contributed by atoms with Crippen molar-refractivity contribution >= 4 is 0 Å². The van der Waals surface area contributed by atoms with E-state index in [4.69, 9.17) is 6.42 Å². The summed E-state index contributed by atoms with van der Waals surface area (Å²) in [6.45, 7) is 20.5. The molecule has 0 atom stereocenters. The summed E-state index contributed by atoms with van der Waals surface area (Å²) < 4.78 is 0. The fourth-order valence-corrected chi connectivity index (χ4v) is 4.51. The summed E-state index contributed by atoms with van der Waals surface area (Å²) in [6.07, 6.45) is 10.9. The fourth-order valence-electron chi connectivity index (χ4n) is 4.51. The molecule has 0 heterocycles. The molecule has 0 spiro atoms. The second kappa shape index (κ2) is 8.79.